The third-order valence-electron chi connectivity index (χ3n) is 6.40. The molecule has 1 aliphatic carbocycles. The van der Waals surface area contributed by atoms with Crippen LogP contribution in [0.1, 0.15) is 19.3 Å². The highest BCUT2D eigenvalue weighted by molar-refractivity contribution is 5.87. The summed E-state index contributed by atoms with van der Waals surface area (Å²) in [5.41, 5.74) is 2.85. The Kier molecular flexibility index (Phi) is 6.90. The van der Waals surface area contributed by atoms with Crippen LogP contribution in [0.2, 0.25) is 0 Å². The number of nitrogens with zero attached hydrogens (tertiary/aromatic N) is 2. The molecule has 1 heterocycles. The molecule has 2 aromatic carbocycles. The van der Waals surface area contributed by atoms with E-state index in [0.717, 1.165) is 18.8 Å². The molecule has 32 heavy (non-hydrogen) atoms. The third kappa shape index (κ3) is 5.02. The number of carbonyl (C=O) groups excluding carboxylic acids is 2. The molecule has 2 aromatic rings. The normalized spacial score (nSPS) is 23.5. The Labute approximate surface area is 186 Å². The maximum atomic E-state index is 13.3. The molecule has 2 amide bonds. The van der Waals surface area contributed by atoms with Crippen LogP contribution in [0.5, 0.6) is 5.75 Å². The number of rotatable bonds is 5. The van der Waals surface area contributed by atoms with Crippen molar-refractivity contribution in [3.8, 4) is 5.75 Å². The van der Waals surface area contributed by atoms with E-state index in [1.807, 2.05) is 23.1 Å². The molecule has 2 aliphatic rings. The molecule has 8 heteroatoms. The Bertz CT molecular complexity index is 917. The molecule has 0 aromatic heterocycles. The zero-order valence-electron chi connectivity index (χ0n) is 17.8. The minimum absolute atomic E-state index is 0.0495. The van der Waals surface area contributed by atoms with Crippen LogP contribution < -0.4 is 15.1 Å². The first-order valence-corrected chi connectivity index (χ1v) is 11.0. The minimum Gasteiger partial charge on any atom is -0.490 e. The summed E-state index contributed by atoms with van der Waals surface area (Å²) in [6.45, 7) is 2.64. The number of halogens is 1. The van der Waals surface area contributed by atoms with E-state index in [0.29, 0.717) is 38.1 Å². The van der Waals surface area contributed by atoms with Crippen molar-refractivity contribution < 1.29 is 23.9 Å². The van der Waals surface area contributed by atoms with Gasteiger partial charge < -0.3 is 14.5 Å². The van der Waals surface area contributed by atoms with Gasteiger partial charge in [0.05, 0.1) is 17.9 Å². The number of benzene rings is 2. The number of hydrogen-bond acceptors (Lipinski definition) is 5. The van der Waals surface area contributed by atoms with Crippen molar-refractivity contribution in [1.82, 2.24) is 10.4 Å². The lowest BCUT2D eigenvalue weighted by molar-refractivity contribution is -0.148. The largest absolute Gasteiger partial charge is 0.490 e. The van der Waals surface area contributed by atoms with Crippen LogP contribution in [0, 0.1) is 17.7 Å². The number of para-hydroxylation sites is 1. The molecule has 0 unspecified atom stereocenters. The van der Waals surface area contributed by atoms with Gasteiger partial charge in [0.1, 0.15) is 11.6 Å². The topological polar surface area (TPSA) is 82.1 Å². The van der Waals surface area contributed by atoms with Gasteiger partial charge in [-0.05, 0) is 55.7 Å². The van der Waals surface area contributed by atoms with E-state index < -0.39 is 17.7 Å². The second kappa shape index (κ2) is 9.99. The maximum Gasteiger partial charge on any atom is 0.247 e. The van der Waals surface area contributed by atoms with Gasteiger partial charge in [0.25, 0.3) is 0 Å². The predicted octanol–water partition coefficient (Wildman–Crippen LogP) is 2.84. The van der Waals surface area contributed by atoms with Crippen molar-refractivity contribution in [2.75, 3.05) is 31.1 Å². The summed E-state index contributed by atoms with van der Waals surface area (Å²) in [5, 5.41) is 9.25. The number of ether oxygens (including phenoxy) is 1. The lowest BCUT2D eigenvalue weighted by atomic mass is 9.76. The van der Waals surface area contributed by atoms with Crippen LogP contribution in [0.25, 0.3) is 0 Å². The number of anilines is 1. The zero-order valence-corrected chi connectivity index (χ0v) is 17.8. The third-order valence-corrected chi connectivity index (χ3v) is 6.40. The monoisotopic (exact) mass is 441 g/mol. The first-order chi connectivity index (χ1) is 15.5. The van der Waals surface area contributed by atoms with Crippen molar-refractivity contribution in [2.45, 2.75) is 25.4 Å². The fourth-order valence-corrected chi connectivity index (χ4v) is 4.67. The molecule has 1 saturated heterocycles. The summed E-state index contributed by atoms with van der Waals surface area (Å²) in [7, 11) is 0. The molecule has 2 fully saturated rings. The smallest absolute Gasteiger partial charge is 0.247 e. The van der Waals surface area contributed by atoms with Gasteiger partial charge in [-0.15, -0.1) is 0 Å². The highest BCUT2D eigenvalue weighted by atomic mass is 19.1. The molecule has 3 atom stereocenters. The van der Waals surface area contributed by atoms with E-state index >= 15 is 0 Å². The van der Waals surface area contributed by atoms with Gasteiger partial charge >= 0.3 is 0 Å². The first kappa shape index (κ1) is 22.1. The number of hydroxylamine groups is 1. The summed E-state index contributed by atoms with van der Waals surface area (Å²) in [5.74, 6) is -1.64. The number of nitrogens with one attached hydrogen (secondary N) is 1. The fraction of sp³-hybridized carbons (Fsp3) is 0.417. The molecule has 1 aliphatic heterocycles. The van der Waals surface area contributed by atoms with E-state index in [9.17, 15) is 19.2 Å². The van der Waals surface area contributed by atoms with Crippen LogP contribution in [0.4, 0.5) is 10.1 Å². The Morgan fingerprint density at radius 2 is 1.62 bits per heavy atom. The molecule has 7 nitrogen and oxygen atoms in total. The standard InChI is InChI=1S/C24H28FN3O4/c25-17-6-8-19(9-7-17)32-20-10-11-21(22(16-20)23(29)26-31)24(30)28-14-12-27(13-15-28)18-4-2-1-3-5-18/h1-9,20-22,31H,10-16H2,(H,26,29)/t20-,21+,22+/m1/s1. The van der Waals surface area contributed by atoms with E-state index in [1.165, 1.54) is 12.1 Å². The Morgan fingerprint density at radius 1 is 0.938 bits per heavy atom. The molecule has 0 bridgehead atoms. The van der Waals surface area contributed by atoms with Crippen LogP contribution in [0.3, 0.4) is 0 Å². The Balaban J connectivity index is 1.38. The number of amides is 2. The Morgan fingerprint density at radius 3 is 2.28 bits per heavy atom. The average molecular weight is 442 g/mol. The van der Waals surface area contributed by atoms with Crippen molar-refractivity contribution in [1.29, 1.82) is 0 Å². The lowest BCUT2D eigenvalue weighted by Crippen LogP contribution is -2.53. The van der Waals surface area contributed by atoms with Gasteiger partial charge in [0.2, 0.25) is 11.8 Å². The number of hydrogen-bond donors (Lipinski definition) is 2. The molecule has 0 spiro atoms. The van der Waals surface area contributed by atoms with Crippen LogP contribution >= 0.6 is 0 Å². The quantitative estimate of drug-likeness (QED) is 0.551. The molecule has 1 saturated carbocycles. The maximum absolute atomic E-state index is 13.3. The van der Waals surface area contributed by atoms with Crippen molar-refractivity contribution >= 4 is 17.5 Å². The second-order valence-electron chi connectivity index (χ2n) is 8.34. The van der Waals surface area contributed by atoms with Crippen molar-refractivity contribution in [2.24, 2.45) is 11.8 Å². The summed E-state index contributed by atoms with van der Waals surface area (Å²) >= 11 is 0. The lowest BCUT2D eigenvalue weighted by Gasteiger charge is -2.40. The fourth-order valence-electron chi connectivity index (χ4n) is 4.67. The molecule has 4 rings (SSSR count). The molecular weight excluding hydrogens is 413 g/mol. The highest BCUT2D eigenvalue weighted by Crippen LogP contribution is 2.34. The van der Waals surface area contributed by atoms with Gasteiger partial charge in [0.15, 0.2) is 0 Å². The van der Waals surface area contributed by atoms with Crippen molar-refractivity contribution in [3.05, 3.63) is 60.4 Å². The van der Waals surface area contributed by atoms with Crippen LogP contribution in [0.15, 0.2) is 54.6 Å². The first-order valence-electron chi connectivity index (χ1n) is 11.0. The Hall–Kier alpha value is -3.13. The minimum atomic E-state index is -0.682. The van der Waals surface area contributed by atoms with E-state index in [2.05, 4.69) is 17.0 Å². The van der Waals surface area contributed by atoms with Gasteiger partial charge in [-0.1, -0.05) is 18.2 Å². The van der Waals surface area contributed by atoms with E-state index in [4.69, 9.17) is 4.74 Å². The zero-order chi connectivity index (χ0) is 22.5. The highest BCUT2D eigenvalue weighted by Gasteiger charge is 2.42. The number of carbonyl (C=O) groups is 2. The second-order valence-corrected chi connectivity index (χ2v) is 8.34. The summed E-state index contributed by atoms with van der Waals surface area (Å²) in [4.78, 5) is 29.8. The van der Waals surface area contributed by atoms with E-state index in [-0.39, 0.29) is 17.8 Å². The van der Waals surface area contributed by atoms with Crippen molar-refractivity contribution in [3.63, 3.8) is 0 Å². The van der Waals surface area contributed by atoms with E-state index in [1.54, 1.807) is 17.6 Å². The van der Waals surface area contributed by atoms with Gasteiger partial charge in [0, 0.05) is 31.9 Å². The summed E-state index contributed by atoms with van der Waals surface area (Å²) < 4.78 is 19.0. The SMILES string of the molecule is O=C(NO)[C@H]1C[C@H](Oc2ccc(F)cc2)CC[C@@H]1C(=O)N1CCN(c2ccccc2)CC1. The van der Waals surface area contributed by atoms with Gasteiger partial charge in [-0.2, -0.15) is 0 Å². The summed E-state index contributed by atoms with van der Waals surface area (Å²) in [6, 6.07) is 15.8. The number of piperazine rings is 1. The van der Waals surface area contributed by atoms with Gasteiger partial charge in [-0.25, -0.2) is 9.87 Å². The van der Waals surface area contributed by atoms with Gasteiger partial charge in [-0.3, -0.25) is 14.8 Å². The average Bonchev–Trinajstić information content (AvgIpc) is 2.85. The molecule has 0 radical (unpaired) electrons. The molecule has 2 N–H and O–H groups in total. The van der Waals surface area contributed by atoms with Crippen LogP contribution in [-0.2, 0) is 9.59 Å². The molecule has 170 valence electrons. The summed E-state index contributed by atoms with van der Waals surface area (Å²) in [6.07, 6.45) is 1.11. The van der Waals surface area contributed by atoms with Crippen LogP contribution in [-0.4, -0.2) is 54.2 Å². The predicted molar refractivity (Wildman–Crippen MR) is 117 cm³/mol. The molecular formula is C24H28FN3O4.